The van der Waals surface area contributed by atoms with E-state index in [2.05, 4.69) is 15.2 Å². The molecule has 10 heteroatoms. The summed E-state index contributed by atoms with van der Waals surface area (Å²) in [4.78, 5) is 24.0. The van der Waals surface area contributed by atoms with Crippen molar-refractivity contribution in [2.24, 2.45) is 0 Å². The number of methoxy groups -OCH3 is 1. The number of amides is 1. The van der Waals surface area contributed by atoms with Crippen LogP contribution in [0.2, 0.25) is 10.0 Å². The van der Waals surface area contributed by atoms with Gasteiger partial charge in [-0.15, -0.1) is 0 Å². The van der Waals surface area contributed by atoms with Gasteiger partial charge in [0, 0.05) is 22.3 Å². The van der Waals surface area contributed by atoms with E-state index in [1.54, 1.807) is 65.5 Å². The van der Waals surface area contributed by atoms with E-state index in [9.17, 15) is 9.59 Å². The van der Waals surface area contributed by atoms with Gasteiger partial charge in [0.1, 0.15) is 18.1 Å². The number of aromatic nitrogens is 2. The summed E-state index contributed by atoms with van der Waals surface area (Å²) >= 11 is 12.1. The SMILES string of the molecule is COC(=O)c1ccc(OCc2ccc(C(=O)Nc3ccn(Cc4ccc(Cl)cc4Cl)n3)o2)cc1. The van der Waals surface area contributed by atoms with Crippen molar-refractivity contribution in [3.8, 4) is 5.75 Å². The van der Waals surface area contributed by atoms with Crippen molar-refractivity contribution >= 4 is 40.9 Å². The minimum atomic E-state index is -0.441. The lowest BCUT2D eigenvalue weighted by molar-refractivity contribution is 0.0600. The maximum atomic E-state index is 12.5. The van der Waals surface area contributed by atoms with Crippen LogP contribution in [0.3, 0.4) is 0 Å². The Labute approximate surface area is 205 Å². The highest BCUT2D eigenvalue weighted by Crippen LogP contribution is 2.22. The second-order valence-electron chi connectivity index (χ2n) is 7.16. The standard InChI is InChI=1S/C24H19Cl2N3O5/c1-32-24(31)15-3-6-18(7-4-15)33-14-19-8-9-21(34-19)23(30)27-22-10-11-29(28-22)13-16-2-5-17(25)12-20(16)26/h2-12H,13-14H2,1H3,(H,27,28,30). The molecule has 1 amide bonds. The van der Waals surface area contributed by atoms with E-state index < -0.39 is 11.9 Å². The van der Waals surface area contributed by atoms with Gasteiger partial charge in [-0.1, -0.05) is 29.3 Å². The molecule has 0 unspecified atom stereocenters. The molecule has 2 heterocycles. The van der Waals surface area contributed by atoms with Gasteiger partial charge in [0.05, 0.1) is 19.2 Å². The number of hydrogen-bond acceptors (Lipinski definition) is 6. The first-order valence-electron chi connectivity index (χ1n) is 10.1. The Morgan fingerprint density at radius 1 is 1.06 bits per heavy atom. The number of esters is 1. The van der Waals surface area contributed by atoms with Gasteiger partial charge in [0.2, 0.25) is 0 Å². The molecule has 0 saturated carbocycles. The zero-order chi connectivity index (χ0) is 24.1. The molecule has 4 rings (SSSR count). The Kier molecular flexibility index (Phi) is 7.20. The fourth-order valence-electron chi connectivity index (χ4n) is 3.06. The summed E-state index contributed by atoms with van der Waals surface area (Å²) in [6.07, 6.45) is 1.73. The maximum absolute atomic E-state index is 12.5. The van der Waals surface area contributed by atoms with E-state index in [1.165, 1.54) is 7.11 Å². The summed E-state index contributed by atoms with van der Waals surface area (Å²) in [6.45, 7) is 0.538. The van der Waals surface area contributed by atoms with Crippen LogP contribution in [0.1, 0.15) is 32.2 Å². The Bertz CT molecular complexity index is 1310. The fraction of sp³-hybridized carbons (Fsp3) is 0.125. The molecule has 0 spiro atoms. The summed E-state index contributed by atoms with van der Waals surface area (Å²) in [5.74, 6) is 0.631. The van der Waals surface area contributed by atoms with Crippen LogP contribution in [-0.4, -0.2) is 28.8 Å². The Morgan fingerprint density at radius 2 is 1.85 bits per heavy atom. The van der Waals surface area contributed by atoms with Gasteiger partial charge < -0.3 is 19.2 Å². The monoisotopic (exact) mass is 499 g/mol. The number of carbonyl (C=O) groups is 2. The summed E-state index contributed by atoms with van der Waals surface area (Å²) in [6, 6.07) is 16.6. The van der Waals surface area contributed by atoms with Gasteiger partial charge in [0.15, 0.2) is 11.6 Å². The van der Waals surface area contributed by atoms with E-state index in [0.717, 1.165) is 5.56 Å². The number of ether oxygens (including phenoxy) is 2. The number of furan rings is 1. The van der Waals surface area contributed by atoms with Crippen LogP contribution >= 0.6 is 23.2 Å². The average molecular weight is 500 g/mol. The zero-order valence-electron chi connectivity index (χ0n) is 18.0. The molecule has 0 radical (unpaired) electrons. The third-order valence-electron chi connectivity index (χ3n) is 4.77. The molecular formula is C24H19Cl2N3O5. The summed E-state index contributed by atoms with van der Waals surface area (Å²) < 4.78 is 17.5. The van der Waals surface area contributed by atoms with Crippen LogP contribution in [0, 0.1) is 0 Å². The predicted molar refractivity (Wildman–Crippen MR) is 127 cm³/mol. The molecule has 1 N–H and O–H groups in total. The second kappa shape index (κ2) is 10.5. The number of hydrogen-bond donors (Lipinski definition) is 1. The molecule has 8 nitrogen and oxygen atoms in total. The Morgan fingerprint density at radius 3 is 2.59 bits per heavy atom. The number of benzene rings is 2. The highest BCUT2D eigenvalue weighted by Gasteiger charge is 2.14. The zero-order valence-corrected chi connectivity index (χ0v) is 19.5. The van der Waals surface area contributed by atoms with E-state index in [4.69, 9.17) is 32.4 Å². The van der Waals surface area contributed by atoms with Crippen LogP contribution in [0.5, 0.6) is 5.75 Å². The second-order valence-corrected chi connectivity index (χ2v) is 8.00. The van der Waals surface area contributed by atoms with Crippen LogP contribution in [0.15, 0.2) is 71.3 Å². The first kappa shape index (κ1) is 23.4. The number of carbonyl (C=O) groups excluding carboxylic acids is 2. The Hall–Kier alpha value is -3.75. The lowest BCUT2D eigenvalue weighted by Gasteiger charge is -2.05. The van der Waals surface area contributed by atoms with E-state index >= 15 is 0 Å². The average Bonchev–Trinajstić information content (AvgIpc) is 3.49. The molecule has 0 atom stereocenters. The van der Waals surface area contributed by atoms with Crippen molar-refractivity contribution in [1.29, 1.82) is 0 Å². The molecule has 174 valence electrons. The number of nitrogens with zero attached hydrogens (tertiary/aromatic N) is 2. The van der Waals surface area contributed by atoms with Gasteiger partial charge in [-0.2, -0.15) is 5.10 Å². The first-order valence-corrected chi connectivity index (χ1v) is 10.9. The van der Waals surface area contributed by atoms with Crippen molar-refractivity contribution in [2.75, 3.05) is 12.4 Å². The van der Waals surface area contributed by atoms with Crippen LogP contribution in [0.25, 0.3) is 0 Å². The molecule has 2 aromatic carbocycles. The van der Waals surface area contributed by atoms with E-state index in [-0.39, 0.29) is 12.4 Å². The van der Waals surface area contributed by atoms with Crippen molar-refractivity contribution in [3.05, 3.63) is 99.6 Å². The van der Waals surface area contributed by atoms with Gasteiger partial charge in [-0.05, 0) is 54.1 Å². The molecule has 0 saturated heterocycles. The smallest absolute Gasteiger partial charge is 0.337 e. The fourth-order valence-corrected chi connectivity index (χ4v) is 3.52. The Balaban J connectivity index is 1.31. The molecule has 0 aliphatic carbocycles. The van der Waals surface area contributed by atoms with Crippen molar-refractivity contribution in [3.63, 3.8) is 0 Å². The molecule has 2 aromatic heterocycles. The normalized spacial score (nSPS) is 10.7. The predicted octanol–water partition coefficient (Wildman–Crippen LogP) is 5.45. The molecule has 0 aliphatic rings. The van der Waals surface area contributed by atoms with Gasteiger partial charge in [-0.25, -0.2) is 4.79 Å². The van der Waals surface area contributed by atoms with Crippen LogP contribution in [0.4, 0.5) is 5.82 Å². The summed E-state index contributed by atoms with van der Waals surface area (Å²) in [7, 11) is 1.32. The summed E-state index contributed by atoms with van der Waals surface area (Å²) in [5, 5.41) is 8.13. The summed E-state index contributed by atoms with van der Waals surface area (Å²) in [5.41, 5.74) is 1.27. The van der Waals surface area contributed by atoms with Crippen molar-refractivity contribution in [1.82, 2.24) is 9.78 Å². The number of halogens is 2. The highest BCUT2D eigenvalue weighted by molar-refractivity contribution is 6.35. The number of rotatable bonds is 8. The largest absolute Gasteiger partial charge is 0.486 e. The minimum absolute atomic E-state index is 0.112. The lowest BCUT2D eigenvalue weighted by Crippen LogP contribution is -2.12. The maximum Gasteiger partial charge on any atom is 0.337 e. The quantitative estimate of drug-likeness (QED) is 0.324. The van der Waals surface area contributed by atoms with Crippen LogP contribution in [-0.2, 0) is 17.9 Å². The van der Waals surface area contributed by atoms with Crippen LogP contribution < -0.4 is 10.1 Å². The molecule has 4 aromatic rings. The van der Waals surface area contributed by atoms with Crippen molar-refractivity contribution in [2.45, 2.75) is 13.2 Å². The molecular weight excluding hydrogens is 481 g/mol. The van der Waals surface area contributed by atoms with E-state index in [1.807, 2.05) is 6.07 Å². The highest BCUT2D eigenvalue weighted by atomic mass is 35.5. The first-order chi connectivity index (χ1) is 16.4. The third-order valence-corrected chi connectivity index (χ3v) is 5.36. The van der Waals surface area contributed by atoms with Crippen molar-refractivity contribution < 1.29 is 23.5 Å². The number of anilines is 1. The number of nitrogens with one attached hydrogen (secondary N) is 1. The van der Waals surface area contributed by atoms with Gasteiger partial charge >= 0.3 is 5.97 Å². The molecule has 0 aliphatic heterocycles. The van der Waals surface area contributed by atoms with Gasteiger partial charge in [-0.3, -0.25) is 9.48 Å². The lowest BCUT2D eigenvalue weighted by atomic mass is 10.2. The molecule has 0 bridgehead atoms. The topological polar surface area (TPSA) is 95.6 Å². The minimum Gasteiger partial charge on any atom is -0.486 e. The third kappa shape index (κ3) is 5.78. The van der Waals surface area contributed by atoms with E-state index in [0.29, 0.717) is 39.5 Å². The molecule has 34 heavy (non-hydrogen) atoms. The van der Waals surface area contributed by atoms with Gasteiger partial charge in [0.25, 0.3) is 5.91 Å². The molecule has 0 fully saturated rings.